The number of benzene rings is 1. The molecule has 0 saturated carbocycles. The second kappa shape index (κ2) is 8.30. The molecule has 8 heteroatoms. The number of carbonyl (C=O) groups is 1. The first-order chi connectivity index (χ1) is 12.2. The molecule has 3 N–H and O–H groups in total. The summed E-state index contributed by atoms with van der Waals surface area (Å²) in [6.45, 7) is 5.87. The molecule has 0 aliphatic carbocycles. The lowest BCUT2D eigenvalue weighted by molar-refractivity contribution is 0.0602. The van der Waals surface area contributed by atoms with Gasteiger partial charge in [0.25, 0.3) is 0 Å². The molecule has 0 aliphatic heterocycles. The van der Waals surface area contributed by atoms with Crippen LogP contribution in [0.5, 0.6) is 0 Å². The highest BCUT2D eigenvalue weighted by Crippen LogP contribution is 2.27. The Hall–Kier alpha value is -1.74. The van der Waals surface area contributed by atoms with Gasteiger partial charge in [-0.2, -0.15) is 0 Å². The summed E-state index contributed by atoms with van der Waals surface area (Å²) in [5.41, 5.74) is 8.66. The lowest BCUT2D eigenvalue weighted by Crippen LogP contribution is -2.32. The number of nitrogens with two attached hydrogens (primary N) is 1. The summed E-state index contributed by atoms with van der Waals surface area (Å²) in [7, 11) is -2.66. The molecule has 0 aliphatic rings. The molecule has 0 saturated heterocycles. The molecule has 1 atom stereocenters. The molecule has 0 radical (unpaired) electrons. The van der Waals surface area contributed by atoms with E-state index in [2.05, 4.69) is 23.3 Å². The maximum absolute atomic E-state index is 12.7. The Morgan fingerprint density at radius 2 is 1.81 bits per heavy atom. The van der Waals surface area contributed by atoms with Gasteiger partial charge in [-0.15, -0.1) is 11.3 Å². The highest BCUT2D eigenvalue weighted by Gasteiger charge is 2.27. The molecule has 1 aromatic heterocycles. The van der Waals surface area contributed by atoms with Crippen LogP contribution in [0.25, 0.3) is 0 Å². The normalized spacial score (nSPS) is 13.0. The SMILES string of the molecule is COC(=O)c1scc(C)c1S(=O)(=O)NCC(N)c1ccc(C(C)C)cc1. The summed E-state index contributed by atoms with van der Waals surface area (Å²) in [4.78, 5) is 11.8. The van der Waals surface area contributed by atoms with Crippen molar-refractivity contribution in [3.63, 3.8) is 0 Å². The minimum absolute atomic E-state index is 0.0270. The highest BCUT2D eigenvalue weighted by atomic mass is 32.2. The van der Waals surface area contributed by atoms with E-state index in [-0.39, 0.29) is 16.3 Å². The van der Waals surface area contributed by atoms with Crippen LogP contribution < -0.4 is 10.5 Å². The molecule has 1 unspecified atom stereocenters. The predicted molar refractivity (Wildman–Crippen MR) is 103 cm³/mol. The molecule has 0 spiro atoms. The summed E-state index contributed by atoms with van der Waals surface area (Å²) in [6, 6.07) is 7.31. The number of methoxy groups -OCH3 is 1. The van der Waals surface area contributed by atoms with Crippen molar-refractivity contribution < 1.29 is 17.9 Å². The Balaban J connectivity index is 2.15. The molecule has 26 heavy (non-hydrogen) atoms. The fourth-order valence-electron chi connectivity index (χ4n) is 2.52. The Morgan fingerprint density at radius 3 is 2.35 bits per heavy atom. The number of thiophene rings is 1. The first kappa shape index (κ1) is 20.6. The van der Waals surface area contributed by atoms with Gasteiger partial charge in [-0.25, -0.2) is 17.9 Å². The van der Waals surface area contributed by atoms with Gasteiger partial charge in [0.1, 0.15) is 9.77 Å². The van der Waals surface area contributed by atoms with E-state index in [0.29, 0.717) is 11.5 Å². The van der Waals surface area contributed by atoms with Gasteiger partial charge in [-0.1, -0.05) is 38.1 Å². The van der Waals surface area contributed by atoms with Crippen LogP contribution in [0.3, 0.4) is 0 Å². The summed E-state index contributed by atoms with van der Waals surface area (Å²) in [5.74, 6) is -0.255. The average Bonchev–Trinajstić information content (AvgIpc) is 3.01. The van der Waals surface area contributed by atoms with Crippen LogP contribution in [0.2, 0.25) is 0 Å². The van der Waals surface area contributed by atoms with Crippen molar-refractivity contribution in [2.75, 3.05) is 13.7 Å². The first-order valence-corrected chi connectivity index (χ1v) is 10.5. The summed E-state index contributed by atoms with van der Waals surface area (Å²) >= 11 is 1.05. The molecule has 0 bridgehead atoms. The summed E-state index contributed by atoms with van der Waals surface area (Å²) in [6.07, 6.45) is 0. The van der Waals surface area contributed by atoms with Gasteiger partial charge >= 0.3 is 5.97 Å². The van der Waals surface area contributed by atoms with Gasteiger partial charge in [0.05, 0.1) is 7.11 Å². The molecule has 0 amide bonds. The maximum atomic E-state index is 12.7. The van der Waals surface area contributed by atoms with Crippen LogP contribution in [0.15, 0.2) is 34.5 Å². The average molecular weight is 397 g/mol. The van der Waals surface area contributed by atoms with E-state index in [4.69, 9.17) is 5.73 Å². The standard InChI is InChI=1S/C18H24N2O4S2/c1-11(2)13-5-7-14(8-6-13)15(19)9-20-26(22,23)17-12(3)10-25-16(17)18(21)24-4/h5-8,10-11,15,20H,9,19H2,1-4H3. The Bertz CT molecular complexity index is 871. The van der Waals surface area contributed by atoms with Crippen LogP contribution >= 0.6 is 11.3 Å². The van der Waals surface area contributed by atoms with Crippen molar-refractivity contribution in [2.24, 2.45) is 5.73 Å². The van der Waals surface area contributed by atoms with E-state index >= 15 is 0 Å². The monoisotopic (exact) mass is 396 g/mol. The second-order valence-electron chi connectivity index (χ2n) is 6.35. The third-order valence-electron chi connectivity index (χ3n) is 4.08. The van der Waals surface area contributed by atoms with E-state index < -0.39 is 22.0 Å². The zero-order valence-corrected chi connectivity index (χ0v) is 16.9. The van der Waals surface area contributed by atoms with E-state index in [0.717, 1.165) is 16.9 Å². The van der Waals surface area contributed by atoms with Gasteiger partial charge in [-0.05, 0) is 34.9 Å². The smallest absolute Gasteiger partial charge is 0.349 e. The topological polar surface area (TPSA) is 98.5 Å². The molecule has 142 valence electrons. The zero-order chi connectivity index (χ0) is 19.5. The Kier molecular flexibility index (Phi) is 6.57. The molecular formula is C18H24N2O4S2. The number of hydrogen-bond donors (Lipinski definition) is 2. The lowest BCUT2D eigenvalue weighted by atomic mass is 9.99. The van der Waals surface area contributed by atoms with Gasteiger partial charge in [0, 0.05) is 12.6 Å². The fourth-order valence-corrected chi connectivity index (χ4v) is 5.28. The van der Waals surface area contributed by atoms with Crippen molar-refractivity contribution >= 4 is 27.3 Å². The van der Waals surface area contributed by atoms with Gasteiger partial charge in [-0.3, -0.25) is 0 Å². The van der Waals surface area contributed by atoms with Crippen LogP contribution in [-0.2, 0) is 14.8 Å². The molecular weight excluding hydrogens is 372 g/mol. The van der Waals surface area contributed by atoms with E-state index in [1.165, 1.54) is 12.7 Å². The van der Waals surface area contributed by atoms with E-state index in [1.54, 1.807) is 12.3 Å². The van der Waals surface area contributed by atoms with Crippen molar-refractivity contribution in [1.82, 2.24) is 4.72 Å². The quantitative estimate of drug-likeness (QED) is 0.701. The van der Waals surface area contributed by atoms with Crippen molar-refractivity contribution in [2.45, 2.75) is 37.6 Å². The lowest BCUT2D eigenvalue weighted by Gasteiger charge is -2.15. The highest BCUT2D eigenvalue weighted by molar-refractivity contribution is 7.89. The molecule has 1 heterocycles. The van der Waals surface area contributed by atoms with Crippen molar-refractivity contribution in [3.05, 3.63) is 51.2 Å². The molecule has 6 nitrogen and oxygen atoms in total. The largest absolute Gasteiger partial charge is 0.465 e. The molecule has 2 aromatic rings. The number of esters is 1. The van der Waals surface area contributed by atoms with Gasteiger partial charge in [0.2, 0.25) is 10.0 Å². The van der Waals surface area contributed by atoms with E-state index in [9.17, 15) is 13.2 Å². The Labute approximate surface area is 158 Å². The molecule has 1 aromatic carbocycles. The third kappa shape index (κ3) is 4.50. The molecule has 2 rings (SSSR count). The molecule has 0 fully saturated rings. The first-order valence-electron chi connectivity index (χ1n) is 8.19. The fraction of sp³-hybridized carbons (Fsp3) is 0.389. The van der Waals surface area contributed by atoms with E-state index in [1.807, 2.05) is 24.3 Å². The van der Waals surface area contributed by atoms with Gasteiger partial charge in [0.15, 0.2) is 0 Å². The number of aryl methyl sites for hydroxylation is 1. The van der Waals surface area contributed by atoms with Crippen molar-refractivity contribution in [3.8, 4) is 0 Å². The minimum atomic E-state index is -3.88. The number of ether oxygens (including phenoxy) is 1. The van der Waals surface area contributed by atoms with Crippen LogP contribution in [0.4, 0.5) is 0 Å². The third-order valence-corrected chi connectivity index (χ3v) is 6.90. The predicted octanol–water partition coefficient (Wildman–Crippen LogP) is 2.94. The number of sulfonamides is 1. The van der Waals surface area contributed by atoms with Gasteiger partial charge < -0.3 is 10.5 Å². The zero-order valence-electron chi connectivity index (χ0n) is 15.3. The number of nitrogens with one attached hydrogen (secondary N) is 1. The number of rotatable bonds is 7. The maximum Gasteiger partial charge on any atom is 0.349 e. The number of carbonyl (C=O) groups excluding carboxylic acids is 1. The number of hydrogen-bond acceptors (Lipinski definition) is 6. The van der Waals surface area contributed by atoms with Crippen LogP contribution in [0.1, 0.15) is 52.2 Å². The Morgan fingerprint density at radius 1 is 1.23 bits per heavy atom. The second-order valence-corrected chi connectivity index (χ2v) is 8.93. The summed E-state index contributed by atoms with van der Waals surface area (Å²) < 4.78 is 32.5. The van der Waals surface area contributed by atoms with Crippen LogP contribution in [0, 0.1) is 6.92 Å². The summed E-state index contributed by atoms with van der Waals surface area (Å²) in [5, 5.41) is 1.62. The minimum Gasteiger partial charge on any atom is -0.465 e. The van der Waals surface area contributed by atoms with Crippen molar-refractivity contribution in [1.29, 1.82) is 0 Å². The van der Waals surface area contributed by atoms with Crippen LogP contribution in [-0.4, -0.2) is 28.0 Å².